The summed E-state index contributed by atoms with van der Waals surface area (Å²) in [5, 5.41) is 10.2. The molecule has 0 bridgehead atoms. The number of aliphatic imine (C=N–C) groups is 1. The number of nitrogens with zero attached hydrogens (tertiary/aromatic N) is 1. The second-order valence-corrected chi connectivity index (χ2v) is 7.42. The number of esters is 1. The van der Waals surface area contributed by atoms with Crippen LogP contribution in [0.1, 0.15) is 97.8 Å². The number of carbonyl (C=O) groups excluding carboxylic acids is 2. The summed E-state index contributed by atoms with van der Waals surface area (Å²) in [5.74, 6) is -1.31. The molecule has 0 aromatic carbocycles. The van der Waals surface area contributed by atoms with Gasteiger partial charge >= 0.3 is 5.97 Å². The number of nitrogens with two attached hydrogens (primary N) is 2. The minimum atomic E-state index is -0.833. The Balaban J connectivity index is 0. The number of rotatable bonds is 17. The highest BCUT2D eigenvalue weighted by Gasteiger charge is 2.21. The second kappa shape index (κ2) is 22.4. The summed E-state index contributed by atoms with van der Waals surface area (Å²) in [6.07, 6.45) is 12.3. The highest BCUT2D eigenvalue weighted by Crippen LogP contribution is 2.11. The van der Waals surface area contributed by atoms with Gasteiger partial charge in [-0.2, -0.15) is 0 Å². The number of ether oxygens (including phenoxy) is 1. The predicted octanol–water partition coefficient (Wildman–Crippen LogP) is 3.10. The van der Waals surface area contributed by atoms with Crippen molar-refractivity contribution >= 4 is 23.8 Å². The van der Waals surface area contributed by atoms with Crippen molar-refractivity contribution in [1.82, 2.24) is 5.32 Å². The fourth-order valence-electron chi connectivity index (χ4n) is 2.86. The van der Waals surface area contributed by atoms with E-state index in [0.29, 0.717) is 25.8 Å². The van der Waals surface area contributed by atoms with E-state index in [9.17, 15) is 9.59 Å². The Labute approximate surface area is 187 Å². The third-order valence-electron chi connectivity index (χ3n) is 4.36. The topological polar surface area (TPSA) is 157 Å². The highest BCUT2D eigenvalue weighted by atomic mass is 16.5. The number of hydrogen-bond donors (Lipinski definition) is 4. The Kier molecular flexibility index (Phi) is 22.3. The van der Waals surface area contributed by atoms with E-state index < -0.39 is 18.0 Å². The van der Waals surface area contributed by atoms with E-state index in [1.165, 1.54) is 44.9 Å². The summed E-state index contributed by atoms with van der Waals surface area (Å²) < 4.78 is 5.04. The van der Waals surface area contributed by atoms with Crippen molar-refractivity contribution < 1.29 is 24.2 Å². The minimum absolute atomic E-state index is 0.0251. The van der Waals surface area contributed by atoms with Gasteiger partial charge in [0.25, 0.3) is 5.97 Å². The Morgan fingerprint density at radius 2 is 1.45 bits per heavy atom. The second-order valence-electron chi connectivity index (χ2n) is 7.42. The number of carboxylic acids is 1. The first kappa shape index (κ1) is 30.9. The molecule has 0 aliphatic carbocycles. The molecule has 0 unspecified atom stereocenters. The van der Waals surface area contributed by atoms with E-state index >= 15 is 0 Å². The molecule has 9 heteroatoms. The summed E-state index contributed by atoms with van der Waals surface area (Å²) in [7, 11) is 0. The molecule has 0 rings (SSSR count). The van der Waals surface area contributed by atoms with E-state index in [1.54, 1.807) is 6.92 Å². The van der Waals surface area contributed by atoms with Gasteiger partial charge in [0.2, 0.25) is 5.91 Å². The van der Waals surface area contributed by atoms with E-state index in [2.05, 4.69) is 17.2 Å². The van der Waals surface area contributed by atoms with Crippen LogP contribution in [-0.4, -0.2) is 48.1 Å². The molecule has 0 saturated heterocycles. The largest absolute Gasteiger partial charge is 0.481 e. The Morgan fingerprint density at radius 3 is 1.94 bits per heavy atom. The molecule has 1 amide bonds. The molecule has 6 N–H and O–H groups in total. The lowest BCUT2D eigenvalue weighted by molar-refractivity contribution is -0.147. The van der Waals surface area contributed by atoms with Crippen molar-refractivity contribution in [2.45, 2.75) is 104 Å². The van der Waals surface area contributed by atoms with Crippen molar-refractivity contribution in [3.05, 3.63) is 0 Å². The van der Waals surface area contributed by atoms with Crippen LogP contribution >= 0.6 is 0 Å². The van der Waals surface area contributed by atoms with Crippen molar-refractivity contribution in [2.24, 2.45) is 16.5 Å². The van der Waals surface area contributed by atoms with Gasteiger partial charge in [-0.25, -0.2) is 4.79 Å². The molecule has 31 heavy (non-hydrogen) atoms. The van der Waals surface area contributed by atoms with Gasteiger partial charge in [-0.15, -0.1) is 0 Å². The van der Waals surface area contributed by atoms with Gasteiger partial charge in [0.1, 0.15) is 6.04 Å². The third kappa shape index (κ3) is 25.6. The van der Waals surface area contributed by atoms with Gasteiger partial charge in [-0.3, -0.25) is 14.6 Å². The van der Waals surface area contributed by atoms with Crippen molar-refractivity contribution in [3.8, 4) is 0 Å². The average molecular weight is 445 g/mol. The number of guanidine groups is 1. The van der Waals surface area contributed by atoms with Crippen LogP contribution < -0.4 is 16.8 Å². The van der Waals surface area contributed by atoms with E-state index in [0.717, 1.165) is 19.8 Å². The van der Waals surface area contributed by atoms with Gasteiger partial charge in [-0.05, 0) is 26.2 Å². The molecule has 1 atom stereocenters. The van der Waals surface area contributed by atoms with E-state index in [1.807, 2.05) is 0 Å². The van der Waals surface area contributed by atoms with Crippen LogP contribution in [0.25, 0.3) is 0 Å². The normalized spacial score (nSPS) is 10.9. The Hall–Kier alpha value is -2.32. The first-order valence-corrected chi connectivity index (χ1v) is 11.4. The van der Waals surface area contributed by atoms with Crippen LogP contribution in [0.15, 0.2) is 4.99 Å². The quantitative estimate of drug-likeness (QED) is 0.116. The average Bonchev–Trinajstić information content (AvgIpc) is 2.68. The van der Waals surface area contributed by atoms with Gasteiger partial charge in [-0.1, -0.05) is 58.3 Å². The molecule has 0 aliphatic rings. The fraction of sp³-hybridized carbons (Fsp3) is 0.818. The van der Waals surface area contributed by atoms with E-state index in [-0.39, 0.29) is 18.5 Å². The number of aliphatic carboxylic acids is 1. The maximum Gasteiger partial charge on any atom is 0.328 e. The predicted molar refractivity (Wildman–Crippen MR) is 124 cm³/mol. The number of unbranched alkanes of at least 4 members (excludes halogenated alkanes) is 8. The highest BCUT2D eigenvalue weighted by molar-refractivity contribution is 5.84. The summed E-state index contributed by atoms with van der Waals surface area (Å²) in [4.78, 5) is 37.0. The summed E-state index contributed by atoms with van der Waals surface area (Å²) in [5.41, 5.74) is 10.6. The zero-order valence-electron chi connectivity index (χ0n) is 19.7. The lowest BCUT2D eigenvalue weighted by Gasteiger charge is -2.17. The molecule has 182 valence electrons. The number of carbonyl (C=O) groups is 3. The standard InChI is InChI=1S/C20H40N4O3.C2H4O2/c1-3-5-6-7-8-9-10-11-12-15-18(25)24-17(19(26)27-4-2)14-13-16-23-20(21)22;1-2(3)4/h17H,3-16H2,1-2H3,(H,24,25)(H4,21,22,23);1H3,(H,3,4)/t17-;/m0./s1. The zero-order valence-corrected chi connectivity index (χ0v) is 19.7. The Bertz CT molecular complexity index is 504. The molecule has 0 radical (unpaired) electrons. The molecular formula is C22H44N4O5. The Morgan fingerprint density at radius 1 is 0.935 bits per heavy atom. The number of amides is 1. The minimum Gasteiger partial charge on any atom is -0.481 e. The van der Waals surface area contributed by atoms with Crippen LogP contribution in [-0.2, 0) is 19.1 Å². The molecule has 0 aromatic heterocycles. The molecule has 9 nitrogen and oxygen atoms in total. The van der Waals surface area contributed by atoms with Crippen LogP contribution in [0, 0.1) is 0 Å². The molecule has 0 spiro atoms. The summed E-state index contributed by atoms with van der Waals surface area (Å²) >= 11 is 0. The van der Waals surface area contributed by atoms with Crippen LogP contribution in [0.3, 0.4) is 0 Å². The molecular weight excluding hydrogens is 400 g/mol. The van der Waals surface area contributed by atoms with Crippen molar-refractivity contribution in [3.63, 3.8) is 0 Å². The third-order valence-corrected chi connectivity index (χ3v) is 4.36. The monoisotopic (exact) mass is 444 g/mol. The van der Waals surface area contributed by atoms with Gasteiger partial charge in [0.05, 0.1) is 6.61 Å². The summed E-state index contributed by atoms with van der Waals surface area (Å²) in [6.45, 7) is 5.77. The first-order valence-electron chi connectivity index (χ1n) is 11.4. The lowest BCUT2D eigenvalue weighted by atomic mass is 10.1. The van der Waals surface area contributed by atoms with Gasteiger partial charge in [0.15, 0.2) is 5.96 Å². The number of carboxylic acid groups (broad SMARTS) is 1. The number of nitrogens with one attached hydrogen (secondary N) is 1. The zero-order chi connectivity index (χ0) is 23.9. The molecule has 0 heterocycles. The smallest absolute Gasteiger partial charge is 0.328 e. The van der Waals surface area contributed by atoms with Crippen LogP contribution in [0.4, 0.5) is 0 Å². The van der Waals surface area contributed by atoms with Gasteiger partial charge < -0.3 is 26.6 Å². The maximum atomic E-state index is 12.1. The van der Waals surface area contributed by atoms with Crippen molar-refractivity contribution in [2.75, 3.05) is 13.2 Å². The van der Waals surface area contributed by atoms with Crippen LogP contribution in [0.2, 0.25) is 0 Å². The van der Waals surface area contributed by atoms with E-state index in [4.69, 9.17) is 26.1 Å². The SMILES string of the molecule is CC(=O)O.CCCCCCCCCCCC(=O)N[C@@H](CCCN=C(N)N)C(=O)OCC. The lowest BCUT2D eigenvalue weighted by Crippen LogP contribution is -2.42. The van der Waals surface area contributed by atoms with Crippen LogP contribution in [0.5, 0.6) is 0 Å². The van der Waals surface area contributed by atoms with Gasteiger partial charge in [0, 0.05) is 19.9 Å². The summed E-state index contributed by atoms with van der Waals surface area (Å²) in [6, 6.07) is -0.634. The maximum absolute atomic E-state index is 12.1. The fourth-order valence-corrected chi connectivity index (χ4v) is 2.86. The molecule has 0 fully saturated rings. The molecule has 0 saturated carbocycles. The first-order chi connectivity index (χ1) is 14.7. The number of hydrogen-bond acceptors (Lipinski definition) is 5. The van der Waals surface area contributed by atoms with Crippen molar-refractivity contribution in [1.29, 1.82) is 0 Å². The molecule has 0 aliphatic heterocycles. The molecule has 0 aromatic rings.